The van der Waals surface area contributed by atoms with Gasteiger partial charge in [-0.1, -0.05) is 13.0 Å². The molecule has 3 N–H and O–H groups in total. The van der Waals surface area contributed by atoms with Crippen LogP contribution in [0.25, 0.3) is 0 Å². The van der Waals surface area contributed by atoms with Crippen molar-refractivity contribution in [1.29, 1.82) is 0 Å². The molecule has 1 heterocycles. The highest BCUT2D eigenvalue weighted by Gasteiger charge is 2.04. The third kappa shape index (κ3) is 2.68. The third-order valence-corrected chi connectivity index (χ3v) is 2.53. The van der Waals surface area contributed by atoms with Gasteiger partial charge in [0.1, 0.15) is 0 Å². The van der Waals surface area contributed by atoms with Crippen LogP contribution in [0.2, 0.25) is 0 Å². The van der Waals surface area contributed by atoms with E-state index in [1.54, 1.807) is 29.1 Å². The van der Waals surface area contributed by atoms with Gasteiger partial charge >= 0.3 is 0 Å². The molecule has 2 aromatic rings. The zero-order chi connectivity index (χ0) is 13.0. The van der Waals surface area contributed by atoms with Crippen LogP contribution in [0.3, 0.4) is 0 Å². The first-order chi connectivity index (χ1) is 8.70. The number of benzene rings is 1. The first-order valence-electron chi connectivity index (χ1n) is 5.88. The Hall–Kier alpha value is -2.30. The molecule has 0 fully saturated rings. The molecule has 94 valence electrons. The van der Waals surface area contributed by atoms with Crippen LogP contribution in [0.5, 0.6) is 0 Å². The number of hydrogen-bond acceptors (Lipinski definition) is 4. The molecule has 0 saturated carbocycles. The maximum Gasteiger partial charge on any atom is 0.293 e. The maximum atomic E-state index is 12.1. The summed E-state index contributed by atoms with van der Waals surface area (Å²) in [4.78, 5) is 16.1. The van der Waals surface area contributed by atoms with E-state index < -0.39 is 0 Å². The highest BCUT2D eigenvalue weighted by molar-refractivity contribution is 5.60. The third-order valence-electron chi connectivity index (χ3n) is 2.53. The van der Waals surface area contributed by atoms with Crippen molar-refractivity contribution < 1.29 is 0 Å². The number of rotatable bonds is 4. The van der Waals surface area contributed by atoms with E-state index in [9.17, 15) is 4.79 Å². The summed E-state index contributed by atoms with van der Waals surface area (Å²) in [5, 5.41) is 2.99. The fourth-order valence-electron chi connectivity index (χ4n) is 1.70. The summed E-state index contributed by atoms with van der Waals surface area (Å²) in [6, 6.07) is 7.22. The van der Waals surface area contributed by atoms with Crippen molar-refractivity contribution >= 4 is 17.2 Å². The van der Waals surface area contributed by atoms with Crippen molar-refractivity contribution in [3.63, 3.8) is 0 Å². The molecule has 5 heteroatoms. The molecular weight excluding hydrogens is 228 g/mol. The minimum atomic E-state index is -0.123. The van der Waals surface area contributed by atoms with E-state index in [1.165, 1.54) is 0 Å². The quantitative estimate of drug-likeness (QED) is 0.806. The standard InChI is InChI=1S/C13H16N4O/c1-2-7-17-8-6-15-12(13(17)18)16-11-5-3-4-10(14)9-11/h3-6,8-9H,2,7,14H2,1H3,(H,15,16). The molecular formula is C13H16N4O. The van der Waals surface area contributed by atoms with Crippen LogP contribution in [0.1, 0.15) is 13.3 Å². The number of nitrogens with zero attached hydrogens (tertiary/aromatic N) is 2. The molecule has 2 rings (SSSR count). The second kappa shape index (κ2) is 5.35. The summed E-state index contributed by atoms with van der Waals surface area (Å²) in [5.74, 6) is 0.316. The van der Waals surface area contributed by atoms with E-state index in [0.717, 1.165) is 12.1 Å². The Labute approximate surface area is 105 Å². The lowest BCUT2D eigenvalue weighted by Crippen LogP contribution is -2.23. The molecule has 1 aromatic carbocycles. The molecule has 1 aromatic heterocycles. The van der Waals surface area contributed by atoms with E-state index in [2.05, 4.69) is 10.3 Å². The second-order valence-electron chi connectivity index (χ2n) is 4.02. The SMILES string of the molecule is CCCn1ccnc(Nc2cccc(N)c2)c1=O. The van der Waals surface area contributed by atoms with Crippen LogP contribution in [0.4, 0.5) is 17.2 Å². The Kier molecular flexibility index (Phi) is 3.62. The van der Waals surface area contributed by atoms with Gasteiger partial charge in [0.15, 0.2) is 5.82 Å². The highest BCUT2D eigenvalue weighted by Crippen LogP contribution is 2.14. The van der Waals surface area contributed by atoms with Gasteiger partial charge in [0.2, 0.25) is 0 Å². The minimum absolute atomic E-state index is 0.123. The fraction of sp³-hybridized carbons (Fsp3) is 0.231. The smallest absolute Gasteiger partial charge is 0.293 e. The molecule has 0 aliphatic heterocycles. The summed E-state index contributed by atoms with van der Waals surface area (Å²) < 4.78 is 1.64. The van der Waals surface area contributed by atoms with Crippen LogP contribution >= 0.6 is 0 Å². The first kappa shape index (κ1) is 12.2. The highest BCUT2D eigenvalue weighted by atomic mass is 16.1. The van der Waals surface area contributed by atoms with Gasteiger partial charge in [-0.3, -0.25) is 4.79 Å². The number of aromatic nitrogens is 2. The van der Waals surface area contributed by atoms with E-state index in [-0.39, 0.29) is 5.56 Å². The van der Waals surface area contributed by atoms with E-state index in [0.29, 0.717) is 18.1 Å². The van der Waals surface area contributed by atoms with Crippen molar-refractivity contribution in [3.8, 4) is 0 Å². The molecule has 0 bridgehead atoms. The predicted octanol–water partition coefficient (Wildman–Crippen LogP) is 1.98. The van der Waals surface area contributed by atoms with E-state index in [4.69, 9.17) is 5.73 Å². The van der Waals surface area contributed by atoms with Crippen molar-refractivity contribution in [2.24, 2.45) is 0 Å². The number of nitrogens with one attached hydrogen (secondary N) is 1. The number of anilines is 3. The molecule has 0 atom stereocenters. The van der Waals surface area contributed by atoms with Gasteiger partial charge in [-0.15, -0.1) is 0 Å². The Morgan fingerprint density at radius 2 is 2.28 bits per heavy atom. The van der Waals surface area contributed by atoms with Crippen molar-refractivity contribution in [1.82, 2.24) is 9.55 Å². The molecule has 0 aliphatic carbocycles. The number of hydrogen-bond donors (Lipinski definition) is 2. The summed E-state index contributed by atoms with van der Waals surface area (Å²) in [6.07, 6.45) is 4.21. The van der Waals surface area contributed by atoms with Crippen LogP contribution in [-0.4, -0.2) is 9.55 Å². The molecule has 0 aliphatic rings. The van der Waals surface area contributed by atoms with Gasteiger partial charge in [-0.2, -0.15) is 0 Å². The maximum absolute atomic E-state index is 12.1. The fourth-order valence-corrected chi connectivity index (χ4v) is 1.70. The molecule has 5 nitrogen and oxygen atoms in total. The Morgan fingerprint density at radius 1 is 1.44 bits per heavy atom. The largest absolute Gasteiger partial charge is 0.399 e. The van der Waals surface area contributed by atoms with Crippen molar-refractivity contribution in [3.05, 3.63) is 47.0 Å². The van der Waals surface area contributed by atoms with Crippen LogP contribution in [-0.2, 0) is 6.54 Å². The topological polar surface area (TPSA) is 72.9 Å². The minimum Gasteiger partial charge on any atom is -0.399 e. The van der Waals surface area contributed by atoms with Crippen LogP contribution < -0.4 is 16.6 Å². The monoisotopic (exact) mass is 244 g/mol. The van der Waals surface area contributed by atoms with Gasteiger partial charge in [0, 0.05) is 30.3 Å². The summed E-state index contributed by atoms with van der Waals surface area (Å²) in [5.41, 5.74) is 6.96. The Bertz CT molecular complexity index is 592. The number of nitrogens with two attached hydrogens (primary N) is 1. The molecule has 0 radical (unpaired) electrons. The number of aryl methyl sites for hydroxylation is 1. The lowest BCUT2D eigenvalue weighted by Gasteiger charge is -2.08. The van der Waals surface area contributed by atoms with Crippen molar-refractivity contribution in [2.75, 3.05) is 11.1 Å². The summed E-state index contributed by atoms with van der Waals surface area (Å²) >= 11 is 0. The molecule has 18 heavy (non-hydrogen) atoms. The lowest BCUT2D eigenvalue weighted by atomic mass is 10.3. The number of nitrogen functional groups attached to an aromatic ring is 1. The molecule has 0 amide bonds. The Balaban J connectivity index is 2.29. The van der Waals surface area contributed by atoms with Crippen LogP contribution in [0.15, 0.2) is 41.5 Å². The molecule has 0 unspecified atom stereocenters. The summed E-state index contributed by atoms with van der Waals surface area (Å²) in [7, 11) is 0. The van der Waals surface area contributed by atoms with Gasteiger partial charge < -0.3 is 15.6 Å². The van der Waals surface area contributed by atoms with Gasteiger partial charge in [0.05, 0.1) is 0 Å². The average molecular weight is 244 g/mol. The van der Waals surface area contributed by atoms with Gasteiger partial charge in [0.25, 0.3) is 5.56 Å². The van der Waals surface area contributed by atoms with E-state index >= 15 is 0 Å². The zero-order valence-electron chi connectivity index (χ0n) is 10.3. The lowest BCUT2D eigenvalue weighted by molar-refractivity contribution is 0.650. The van der Waals surface area contributed by atoms with Crippen molar-refractivity contribution in [2.45, 2.75) is 19.9 Å². The van der Waals surface area contributed by atoms with Crippen LogP contribution in [0, 0.1) is 0 Å². The van der Waals surface area contributed by atoms with E-state index in [1.807, 2.05) is 19.1 Å². The normalized spacial score (nSPS) is 10.3. The Morgan fingerprint density at radius 3 is 3.00 bits per heavy atom. The predicted molar refractivity (Wildman–Crippen MR) is 72.9 cm³/mol. The second-order valence-corrected chi connectivity index (χ2v) is 4.02. The first-order valence-corrected chi connectivity index (χ1v) is 5.88. The summed E-state index contributed by atoms with van der Waals surface area (Å²) in [6.45, 7) is 2.71. The molecule has 0 spiro atoms. The molecule has 0 saturated heterocycles. The van der Waals surface area contributed by atoms with Gasteiger partial charge in [-0.05, 0) is 24.6 Å². The zero-order valence-corrected chi connectivity index (χ0v) is 10.3. The average Bonchev–Trinajstić information content (AvgIpc) is 2.35. The van der Waals surface area contributed by atoms with Gasteiger partial charge in [-0.25, -0.2) is 4.98 Å².